The topological polar surface area (TPSA) is 105 Å². The molecule has 3 amide bonds. The largest absolute Gasteiger partial charge is 0.462 e. The van der Waals surface area contributed by atoms with Crippen LogP contribution in [0.25, 0.3) is 0 Å². The molecule has 2 N–H and O–H groups in total. The van der Waals surface area contributed by atoms with Gasteiger partial charge in [0, 0.05) is 27.8 Å². The molecule has 0 aromatic heterocycles. The average Bonchev–Trinajstić information content (AvgIpc) is 3.14. The predicted molar refractivity (Wildman–Crippen MR) is 150 cm³/mol. The maximum Gasteiger partial charge on any atom is 0.338 e. The summed E-state index contributed by atoms with van der Waals surface area (Å²) in [6.07, 6.45) is 0.691. The summed E-state index contributed by atoms with van der Waals surface area (Å²) in [6.45, 7) is 2.39. The number of carbonyl (C=O) groups excluding carboxylic acids is 4. The van der Waals surface area contributed by atoms with Crippen LogP contribution in [0.15, 0.2) is 77.5 Å². The van der Waals surface area contributed by atoms with Gasteiger partial charge in [-0.05, 0) is 72.6 Å². The minimum Gasteiger partial charge on any atom is -0.462 e. The van der Waals surface area contributed by atoms with Crippen molar-refractivity contribution in [1.29, 1.82) is 0 Å². The molecule has 8 nitrogen and oxygen atoms in total. The fourth-order valence-corrected chi connectivity index (χ4v) is 4.35. The third kappa shape index (κ3) is 6.42. The summed E-state index contributed by atoms with van der Waals surface area (Å²) in [5.41, 5.74) is 1.97. The molecule has 0 spiro atoms. The zero-order chi connectivity index (χ0) is 28.1. The number of imide groups is 1. The number of esters is 1. The monoisotopic (exact) mass is 585 g/mol. The number of hydrogen-bond acceptors (Lipinski definition) is 6. The standard InChI is InChI=1S/C28H22Cl3N3O5/c1-2-13-39-28(38)17-6-11-21(12-7-17)34-26(36)23(31)24(27(34)37)33-20-9-4-16(5-10-20)25(35)32-15-18-3-8-19(29)14-22(18)30/h3-12,14,33H,2,13,15H2,1H3,(H,32,35). The van der Waals surface area contributed by atoms with Crippen molar-refractivity contribution >= 4 is 69.9 Å². The van der Waals surface area contributed by atoms with Crippen LogP contribution in [0, 0.1) is 0 Å². The zero-order valence-corrected chi connectivity index (χ0v) is 22.9. The Morgan fingerprint density at radius 2 is 1.54 bits per heavy atom. The third-order valence-corrected chi connectivity index (χ3v) is 6.63. The first-order chi connectivity index (χ1) is 18.7. The zero-order valence-electron chi connectivity index (χ0n) is 20.6. The summed E-state index contributed by atoms with van der Waals surface area (Å²) >= 11 is 18.3. The molecule has 0 unspecified atom stereocenters. The second kappa shape index (κ2) is 12.3. The van der Waals surface area contributed by atoms with Crippen LogP contribution in [-0.2, 0) is 20.9 Å². The fraction of sp³-hybridized carbons (Fsp3) is 0.143. The van der Waals surface area contributed by atoms with Crippen molar-refractivity contribution in [2.45, 2.75) is 19.9 Å². The number of rotatable bonds is 9. The highest BCUT2D eigenvalue weighted by molar-refractivity contribution is 6.53. The number of halogens is 3. The van der Waals surface area contributed by atoms with Gasteiger partial charge >= 0.3 is 5.97 Å². The smallest absolute Gasteiger partial charge is 0.338 e. The minimum absolute atomic E-state index is 0.109. The molecule has 0 aliphatic carbocycles. The van der Waals surface area contributed by atoms with E-state index >= 15 is 0 Å². The average molecular weight is 587 g/mol. The maximum atomic E-state index is 13.1. The molecule has 1 aliphatic heterocycles. The molecule has 0 saturated carbocycles. The highest BCUT2D eigenvalue weighted by atomic mass is 35.5. The summed E-state index contributed by atoms with van der Waals surface area (Å²) in [5, 5.41) is 6.31. The number of hydrogen-bond donors (Lipinski definition) is 2. The van der Waals surface area contributed by atoms with Gasteiger partial charge in [-0.25, -0.2) is 9.69 Å². The second-order valence-corrected chi connectivity index (χ2v) is 9.66. The molecule has 1 heterocycles. The maximum absolute atomic E-state index is 13.1. The van der Waals surface area contributed by atoms with Gasteiger partial charge < -0.3 is 15.4 Å². The van der Waals surface area contributed by atoms with Crippen LogP contribution in [0.2, 0.25) is 10.0 Å². The van der Waals surface area contributed by atoms with E-state index in [-0.39, 0.29) is 28.9 Å². The van der Waals surface area contributed by atoms with Crippen molar-refractivity contribution in [2.75, 3.05) is 16.8 Å². The molecule has 0 bridgehead atoms. The number of nitrogens with one attached hydrogen (secondary N) is 2. The summed E-state index contributed by atoms with van der Waals surface area (Å²) in [4.78, 5) is 51.3. The van der Waals surface area contributed by atoms with Gasteiger partial charge in [-0.15, -0.1) is 0 Å². The van der Waals surface area contributed by atoms with Crippen LogP contribution >= 0.6 is 34.8 Å². The number of carbonyl (C=O) groups is 4. The van der Waals surface area contributed by atoms with Crippen molar-refractivity contribution in [3.05, 3.63) is 104 Å². The number of ether oxygens (including phenoxy) is 1. The Kier molecular flexibility index (Phi) is 8.91. The Morgan fingerprint density at radius 3 is 2.18 bits per heavy atom. The van der Waals surface area contributed by atoms with Crippen LogP contribution in [0.3, 0.4) is 0 Å². The quantitative estimate of drug-likeness (QED) is 0.238. The molecular weight excluding hydrogens is 565 g/mol. The molecule has 0 atom stereocenters. The van der Waals surface area contributed by atoms with E-state index in [0.717, 1.165) is 4.90 Å². The molecule has 0 saturated heterocycles. The summed E-state index contributed by atoms with van der Waals surface area (Å²) in [7, 11) is 0. The van der Waals surface area contributed by atoms with E-state index in [4.69, 9.17) is 39.5 Å². The third-order valence-electron chi connectivity index (χ3n) is 5.70. The molecule has 1 aliphatic rings. The van der Waals surface area contributed by atoms with Gasteiger partial charge in [0.2, 0.25) is 0 Å². The summed E-state index contributed by atoms with van der Waals surface area (Å²) in [5.74, 6) is -2.19. The van der Waals surface area contributed by atoms with E-state index in [9.17, 15) is 19.2 Å². The van der Waals surface area contributed by atoms with Gasteiger partial charge in [-0.1, -0.05) is 47.8 Å². The van der Waals surface area contributed by atoms with Gasteiger partial charge in [0.25, 0.3) is 17.7 Å². The van der Waals surface area contributed by atoms with E-state index < -0.39 is 17.8 Å². The lowest BCUT2D eigenvalue weighted by Crippen LogP contribution is -2.32. The number of anilines is 2. The van der Waals surface area contributed by atoms with Crippen LogP contribution in [0.5, 0.6) is 0 Å². The molecule has 39 heavy (non-hydrogen) atoms. The molecule has 200 valence electrons. The van der Waals surface area contributed by atoms with Gasteiger partial charge in [0.15, 0.2) is 0 Å². The lowest BCUT2D eigenvalue weighted by molar-refractivity contribution is -0.120. The highest BCUT2D eigenvalue weighted by Crippen LogP contribution is 2.30. The van der Waals surface area contributed by atoms with E-state index in [1.165, 1.54) is 24.3 Å². The van der Waals surface area contributed by atoms with Crippen LogP contribution < -0.4 is 15.5 Å². The van der Waals surface area contributed by atoms with Crippen molar-refractivity contribution in [3.8, 4) is 0 Å². The number of benzene rings is 3. The lowest BCUT2D eigenvalue weighted by Gasteiger charge is -2.15. The van der Waals surface area contributed by atoms with Crippen LogP contribution in [0.1, 0.15) is 39.6 Å². The van der Waals surface area contributed by atoms with E-state index in [0.29, 0.717) is 45.5 Å². The van der Waals surface area contributed by atoms with Crippen LogP contribution in [-0.4, -0.2) is 30.3 Å². The SMILES string of the molecule is CCCOC(=O)c1ccc(N2C(=O)C(Cl)=C(Nc3ccc(C(=O)NCc4ccc(Cl)cc4Cl)cc3)C2=O)cc1. The Hall–Kier alpha value is -3.85. The first kappa shape index (κ1) is 28.2. The second-order valence-electron chi connectivity index (χ2n) is 8.44. The van der Waals surface area contributed by atoms with E-state index in [2.05, 4.69) is 10.6 Å². The van der Waals surface area contributed by atoms with Crippen molar-refractivity contribution in [1.82, 2.24) is 5.32 Å². The van der Waals surface area contributed by atoms with Crippen LogP contribution in [0.4, 0.5) is 11.4 Å². The molecule has 3 aromatic carbocycles. The molecular formula is C28H22Cl3N3O5. The van der Waals surface area contributed by atoms with Gasteiger partial charge in [0.05, 0.1) is 17.9 Å². The molecule has 0 fully saturated rings. The Bertz CT molecular complexity index is 1470. The summed E-state index contributed by atoms with van der Waals surface area (Å²) < 4.78 is 5.09. The first-order valence-electron chi connectivity index (χ1n) is 11.8. The predicted octanol–water partition coefficient (Wildman–Crippen LogP) is 5.93. The lowest BCUT2D eigenvalue weighted by atomic mass is 10.1. The molecule has 4 rings (SSSR count). The van der Waals surface area contributed by atoms with Crippen molar-refractivity contribution in [3.63, 3.8) is 0 Å². The fourth-order valence-electron chi connectivity index (χ4n) is 3.66. The summed E-state index contributed by atoms with van der Waals surface area (Å²) in [6, 6.07) is 17.2. The highest BCUT2D eigenvalue weighted by Gasteiger charge is 2.39. The van der Waals surface area contributed by atoms with E-state index in [1.807, 2.05) is 6.92 Å². The Balaban J connectivity index is 1.40. The van der Waals surface area contributed by atoms with Crippen molar-refractivity contribution in [2.24, 2.45) is 0 Å². The molecule has 3 aromatic rings. The number of nitrogens with zero attached hydrogens (tertiary/aromatic N) is 1. The molecule has 0 radical (unpaired) electrons. The van der Waals surface area contributed by atoms with Gasteiger partial charge in [0.1, 0.15) is 10.7 Å². The number of amides is 3. The van der Waals surface area contributed by atoms with E-state index in [1.54, 1.807) is 42.5 Å². The first-order valence-corrected chi connectivity index (χ1v) is 13.0. The Morgan fingerprint density at radius 1 is 0.872 bits per heavy atom. The Labute approximate surface area is 239 Å². The minimum atomic E-state index is -0.706. The van der Waals surface area contributed by atoms with Gasteiger partial charge in [-0.2, -0.15) is 0 Å². The normalized spacial score (nSPS) is 13.1. The molecule has 11 heteroatoms. The van der Waals surface area contributed by atoms with Crippen molar-refractivity contribution < 1.29 is 23.9 Å². The van der Waals surface area contributed by atoms with Gasteiger partial charge in [-0.3, -0.25) is 14.4 Å².